The molecule has 0 aromatic heterocycles. The van der Waals surface area contributed by atoms with Crippen LogP contribution in [0, 0.1) is 19.7 Å². The number of halogens is 2. The number of aryl methyl sites for hydroxylation is 1. The molecule has 5 heteroatoms. The van der Waals surface area contributed by atoms with Crippen molar-refractivity contribution in [1.29, 1.82) is 0 Å². The average molecular weight is 299 g/mol. The van der Waals surface area contributed by atoms with Gasteiger partial charge in [-0.2, -0.15) is 0 Å². The van der Waals surface area contributed by atoms with Crippen LogP contribution in [0.1, 0.15) is 11.1 Å². The van der Waals surface area contributed by atoms with Crippen LogP contribution in [-0.2, 0) is 9.05 Å². The number of rotatable bonds is 2. The third-order valence-electron chi connectivity index (χ3n) is 3.11. The Bertz CT molecular complexity index is 739. The van der Waals surface area contributed by atoms with Crippen molar-refractivity contribution in [3.05, 3.63) is 53.3 Å². The first-order valence-electron chi connectivity index (χ1n) is 5.61. The smallest absolute Gasteiger partial charge is 0.207 e. The minimum Gasteiger partial charge on any atom is -0.207 e. The molecule has 2 aromatic rings. The van der Waals surface area contributed by atoms with Crippen LogP contribution in [0.15, 0.2) is 41.3 Å². The largest absolute Gasteiger partial charge is 0.264 e. The molecule has 100 valence electrons. The first-order valence-corrected chi connectivity index (χ1v) is 7.92. The van der Waals surface area contributed by atoms with Crippen molar-refractivity contribution in [1.82, 2.24) is 0 Å². The minimum absolute atomic E-state index is 0.493. The Hall–Kier alpha value is -1.39. The monoisotopic (exact) mass is 298 g/mol. The number of hydrogen-bond acceptors (Lipinski definition) is 2. The molecule has 0 saturated heterocycles. The van der Waals surface area contributed by atoms with Crippen LogP contribution in [0.25, 0.3) is 11.1 Å². The summed E-state index contributed by atoms with van der Waals surface area (Å²) in [5.74, 6) is -0.843. The summed E-state index contributed by atoms with van der Waals surface area (Å²) in [6.45, 7) is 3.89. The lowest BCUT2D eigenvalue weighted by molar-refractivity contribution is 0.576. The van der Waals surface area contributed by atoms with Gasteiger partial charge in [0.05, 0.1) is 0 Å². The Morgan fingerprint density at radius 2 is 1.79 bits per heavy atom. The Morgan fingerprint density at radius 1 is 1.11 bits per heavy atom. The fraction of sp³-hybridized carbons (Fsp3) is 0.143. The van der Waals surface area contributed by atoms with E-state index < -0.39 is 19.8 Å². The molecule has 0 atom stereocenters. The normalized spacial score (nSPS) is 11.6. The second kappa shape index (κ2) is 4.94. The maximum Gasteiger partial charge on any atom is 0.264 e. The van der Waals surface area contributed by atoms with E-state index in [0.29, 0.717) is 5.56 Å². The van der Waals surface area contributed by atoms with Crippen LogP contribution in [0.3, 0.4) is 0 Å². The van der Waals surface area contributed by atoms with Crippen molar-refractivity contribution < 1.29 is 12.8 Å². The first-order chi connectivity index (χ1) is 8.80. The summed E-state index contributed by atoms with van der Waals surface area (Å²) < 4.78 is 36.1. The summed E-state index contributed by atoms with van der Waals surface area (Å²) in [5.41, 5.74) is 3.59. The lowest BCUT2D eigenvalue weighted by Gasteiger charge is -2.10. The molecule has 2 nitrogen and oxygen atoms in total. The van der Waals surface area contributed by atoms with Gasteiger partial charge in [0.25, 0.3) is 9.05 Å². The van der Waals surface area contributed by atoms with Gasteiger partial charge < -0.3 is 0 Å². The van der Waals surface area contributed by atoms with Gasteiger partial charge in [0.1, 0.15) is 10.7 Å². The molecular formula is C14H12ClFO2S. The molecular weight excluding hydrogens is 287 g/mol. The van der Waals surface area contributed by atoms with Crippen molar-refractivity contribution in [2.45, 2.75) is 18.7 Å². The van der Waals surface area contributed by atoms with Crippen LogP contribution in [-0.4, -0.2) is 8.42 Å². The molecule has 0 bridgehead atoms. The van der Waals surface area contributed by atoms with Gasteiger partial charge >= 0.3 is 0 Å². The zero-order chi connectivity index (χ0) is 14.2. The van der Waals surface area contributed by atoms with Gasteiger partial charge in [0.2, 0.25) is 0 Å². The van der Waals surface area contributed by atoms with Gasteiger partial charge in [0.15, 0.2) is 0 Å². The highest BCUT2D eigenvalue weighted by atomic mass is 35.7. The van der Waals surface area contributed by atoms with E-state index >= 15 is 0 Å². The van der Waals surface area contributed by atoms with Crippen LogP contribution in [0.2, 0.25) is 0 Å². The van der Waals surface area contributed by atoms with E-state index in [-0.39, 0.29) is 0 Å². The maximum atomic E-state index is 13.5. The Morgan fingerprint density at radius 3 is 2.42 bits per heavy atom. The Balaban J connectivity index is 2.68. The summed E-state index contributed by atoms with van der Waals surface area (Å²) in [6.07, 6.45) is 0. The molecule has 0 fully saturated rings. The van der Waals surface area contributed by atoms with Crippen LogP contribution in [0.4, 0.5) is 4.39 Å². The average Bonchev–Trinajstić information content (AvgIpc) is 2.32. The van der Waals surface area contributed by atoms with Crippen molar-refractivity contribution in [3.63, 3.8) is 0 Å². The molecule has 0 aliphatic heterocycles. The summed E-state index contributed by atoms with van der Waals surface area (Å²) in [7, 11) is 1.14. The highest BCUT2D eigenvalue weighted by Gasteiger charge is 2.17. The van der Waals surface area contributed by atoms with E-state index in [1.807, 2.05) is 32.0 Å². The van der Waals surface area contributed by atoms with E-state index in [9.17, 15) is 12.8 Å². The third kappa shape index (κ3) is 2.80. The Kier molecular flexibility index (Phi) is 3.65. The van der Waals surface area contributed by atoms with Crippen molar-refractivity contribution in [2.24, 2.45) is 0 Å². The number of benzene rings is 2. The van der Waals surface area contributed by atoms with Gasteiger partial charge in [-0.05, 0) is 48.2 Å². The molecule has 0 aliphatic rings. The van der Waals surface area contributed by atoms with Gasteiger partial charge in [-0.1, -0.05) is 24.3 Å². The maximum absolute atomic E-state index is 13.5. The van der Waals surface area contributed by atoms with E-state index in [2.05, 4.69) is 0 Å². The third-order valence-corrected chi connectivity index (χ3v) is 4.45. The van der Waals surface area contributed by atoms with E-state index in [1.165, 1.54) is 6.07 Å². The predicted molar refractivity (Wildman–Crippen MR) is 74.3 cm³/mol. The Labute approximate surface area is 116 Å². The fourth-order valence-corrected chi connectivity index (χ4v) is 2.85. The molecule has 0 saturated carbocycles. The summed E-state index contributed by atoms with van der Waals surface area (Å²) in [6, 6.07) is 9.62. The molecule has 0 spiro atoms. The zero-order valence-corrected chi connectivity index (χ0v) is 12.0. The second-order valence-electron chi connectivity index (χ2n) is 4.33. The summed E-state index contributed by atoms with van der Waals surface area (Å²) in [5, 5.41) is 0. The van der Waals surface area contributed by atoms with Gasteiger partial charge in [-0.25, -0.2) is 12.8 Å². The molecule has 0 aliphatic carbocycles. The minimum atomic E-state index is -4.09. The molecule has 0 amide bonds. The molecule has 0 N–H and O–H groups in total. The van der Waals surface area contributed by atoms with Crippen molar-refractivity contribution in [3.8, 4) is 11.1 Å². The molecule has 19 heavy (non-hydrogen) atoms. The highest BCUT2D eigenvalue weighted by molar-refractivity contribution is 8.13. The standard InChI is InChI=1S/C14H12ClFO2S/c1-9-4-3-5-12(10(9)2)11-6-7-13(16)14(8-11)19(15,17)18/h3-8H,1-2H3. The SMILES string of the molecule is Cc1cccc(-c2ccc(F)c(S(=O)(=O)Cl)c2)c1C. The zero-order valence-electron chi connectivity index (χ0n) is 10.4. The quantitative estimate of drug-likeness (QED) is 0.784. The predicted octanol–water partition coefficient (Wildman–Crippen LogP) is 4.04. The molecule has 0 unspecified atom stereocenters. The summed E-state index contributed by atoms with van der Waals surface area (Å²) >= 11 is 0. The summed E-state index contributed by atoms with van der Waals surface area (Å²) in [4.78, 5) is -0.493. The molecule has 2 rings (SSSR count). The van der Waals surface area contributed by atoms with Crippen molar-refractivity contribution in [2.75, 3.05) is 0 Å². The molecule has 0 radical (unpaired) electrons. The lowest BCUT2D eigenvalue weighted by Crippen LogP contribution is -1.96. The molecule has 0 heterocycles. The second-order valence-corrected chi connectivity index (χ2v) is 6.86. The van der Waals surface area contributed by atoms with Crippen LogP contribution < -0.4 is 0 Å². The molecule has 2 aromatic carbocycles. The van der Waals surface area contributed by atoms with E-state index in [0.717, 1.165) is 22.8 Å². The number of hydrogen-bond donors (Lipinski definition) is 0. The first kappa shape index (κ1) is 14.0. The van der Waals surface area contributed by atoms with Crippen LogP contribution in [0.5, 0.6) is 0 Å². The van der Waals surface area contributed by atoms with Gasteiger partial charge in [-0.15, -0.1) is 0 Å². The lowest BCUT2D eigenvalue weighted by atomic mass is 9.97. The van der Waals surface area contributed by atoms with Gasteiger partial charge in [-0.3, -0.25) is 0 Å². The van der Waals surface area contributed by atoms with E-state index in [4.69, 9.17) is 10.7 Å². The highest BCUT2D eigenvalue weighted by Crippen LogP contribution is 2.29. The fourth-order valence-electron chi connectivity index (χ4n) is 1.92. The van der Waals surface area contributed by atoms with Crippen molar-refractivity contribution >= 4 is 19.7 Å². The van der Waals surface area contributed by atoms with Gasteiger partial charge in [0, 0.05) is 10.7 Å². The van der Waals surface area contributed by atoms with Crippen LogP contribution >= 0.6 is 10.7 Å². The van der Waals surface area contributed by atoms with E-state index in [1.54, 1.807) is 6.07 Å². The topological polar surface area (TPSA) is 34.1 Å².